The van der Waals surface area contributed by atoms with Crippen LogP contribution in [0.3, 0.4) is 0 Å². The summed E-state index contributed by atoms with van der Waals surface area (Å²) in [5.41, 5.74) is -0.810. The lowest BCUT2D eigenvalue weighted by Gasteiger charge is -2.32. The zero-order chi connectivity index (χ0) is 17.6. The summed E-state index contributed by atoms with van der Waals surface area (Å²) in [6, 6.07) is 0. The fourth-order valence-corrected chi connectivity index (χ4v) is 2.31. The van der Waals surface area contributed by atoms with Crippen molar-refractivity contribution < 1.29 is 23.6 Å². The minimum absolute atomic E-state index is 0.231. The molecule has 0 N–H and O–H groups in total. The Hall–Kier alpha value is -1.34. The molecule has 0 aromatic rings. The van der Waals surface area contributed by atoms with Crippen molar-refractivity contribution in [3.63, 3.8) is 0 Å². The molecule has 0 bridgehead atoms. The van der Waals surface area contributed by atoms with Gasteiger partial charge in [0, 0.05) is 12.6 Å². The number of nitrogens with zero attached hydrogens (tertiary/aromatic N) is 1. The average molecular weight is 323 g/mol. The Morgan fingerprint density at radius 2 is 1.70 bits per heavy atom. The summed E-state index contributed by atoms with van der Waals surface area (Å²) in [6.45, 7) is 13.1. The van der Waals surface area contributed by atoms with Crippen LogP contribution in [0.25, 0.3) is 0 Å². The summed E-state index contributed by atoms with van der Waals surface area (Å²) >= 11 is 0. The molecular formula is C16H26BNO5. The van der Waals surface area contributed by atoms with Crippen LogP contribution in [0.2, 0.25) is 0 Å². The zero-order valence-electron chi connectivity index (χ0n) is 15.1. The Kier molecular flexibility index (Phi) is 4.41. The summed E-state index contributed by atoms with van der Waals surface area (Å²) in [7, 11) is -0.557. The van der Waals surface area contributed by atoms with Crippen LogP contribution < -0.4 is 0 Å². The van der Waals surface area contributed by atoms with Crippen LogP contribution in [0.4, 0.5) is 4.79 Å². The van der Waals surface area contributed by atoms with Crippen LogP contribution >= 0.6 is 0 Å². The molecule has 2 aliphatic heterocycles. The molecule has 0 saturated carbocycles. The largest absolute Gasteiger partial charge is 0.492 e. The molecule has 2 rings (SSSR count). The number of carbonyl (C=O) groups is 2. The van der Waals surface area contributed by atoms with Crippen molar-refractivity contribution in [2.75, 3.05) is 0 Å². The molecule has 0 unspecified atom stereocenters. The van der Waals surface area contributed by atoms with E-state index >= 15 is 0 Å². The first-order valence-corrected chi connectivity index (χ1v) is 7.94. The van der Waals surface area contributed by atoms with Gasteiger partial charge in [0.05, 0.1) is 11.2 Å². The van der Waals surface area contributed by atoms with E-state index in [4.69, 9.17) is 14.0 Å². The summed E-state index contributed by atoms with van der Waals surface area (Å²) in [5.74, 6) is -0.278. The third kappa shape index (κ3) is 3.78. The van der Waals surface area contributed by atoms with Gasteiger partial charge in [-0.1, -0.05) is 0 Å². The topological polar surface area (TPSA) is 65.1 Å². The third-order valence-corrected chi connectivity index (χ3v) is 4.34. The molecule has 0 aromatic carbocycles. The van der Waals surface area contributed by atoms with Crippen molar-refractivity contribution >= 4 is 19.1 Å². The van der Waals surface area contributed by atoms with E-state index in [1.807, 2.05) is 27.7 Å². The van der Waals surface area contributed by atoms with E-state index in [2.05, 4.69) is 0 Å². The number of hydrogen-bond acceptors (Lipinski definition) is 5. The Balaban J connectivity index is 2.19. The lowest BCUT2D eigenvalue weighted by Crippen LogP contribution is -2.41. The van der Waals surface area contributed by atoms with Crippen molar-refractivity contribution in [3.05, 3.63) is 11.7 Å². The van der Waals surface area contributed by atoms with E-state index in [0.717, 1.165) is 10.4 Å². The lowest BCUT2D eigenvalue weighted by molar-refractivity contribution is -0.128. The van der Waals surface area contributed by atoms with Gasteiger partial charge >= 0.3 is 13.2 Å². The van der Waals surface area contributed by atoms with Gasteiger partial charge in [0.2, 0.25) is 5.91 Å². The minimum atomic E-state index is -0.670. The highest BCUT2D eigenvalue weighted by atomic mass is 16.7. The van der Waals surface area contributed by atoms with Crippen molar-refractivity contribution in [1.82, 2.24) is 4.90 Å². The molecule has 6 nitrogen and oxygen atoms in total. The molecule has 0 spiro atoms. The van der Waals surface area contributed by atoms with E-state index in [0.29, 0.717) is 6.42 Å². The summed E-state index contributed by atoms with van der Waals surface area (Å²) < 4.78 is 17.3. The van der Waals surface area contributed by atoms with Crippen molar-refractivity contribution in [3.8, 4) is 0 Å². The fraction of sp³-hybridized carbons (Fsp3) is 0.750. The number of allylic oxidation sites excluding steroid dienone is 1. The predicted molar refractivity (Wildman–Crippen MR) is 86.5 cm³/mol. The van der Waals surface area contributed by atoms with E-state index in [9.17, 15) is 9.59 Å². The summed E-state index contributed by atoms with van der Waals surface area (Å²) in [4.78, 5) is 25.3. The smallest absolute Gasteiger partial charge is 0.443 e. The molecule has 7 heteroatoms. The van der Waals surface area contributed by atoms with Crippen LogP contribution in [-0.2, 0) is 18.8 Å². The van der Waals surface area contributed by atoms with Crippen LogP contribution in [-0.4, -0.2) is 40.8 Å². The van der Waals surface area contributed by atoms with Gasteiger partial charge in [-0.25, -0.2) is 9.69 Å². The first-order chi connectivity index (χ1) is 10.3. The Morgan fingerprint density at radius 1 is 1.17 bits per heavy atom. The number of carbonyl (C=O) groups excluding carboxylic acids is 2. The van der Waals surface area contributed by atoms with Gasteiger partial charge in [-0.15, -0.1) is 0 Å². The minimum Gasteiger partial charge on any atom is -0.443 e. The van der Waals surface area contributed by atoms with Crippen LogP contribution in [0.5, 0.6) is 0 Å². The molecule has 0 aromatic heterocycles. The third-order valence-electron chi connectivity index (χ3n) is 4.34. The number of ether oxygens (including phenoxy) is 1. The fourth-order valence-electron chi connectivity index (χ4n) is 2.31. The van der Waals surface area contributed by atoms with Gasteiger partial charge in [-0.05, 0) is 60.4 Å². The van der Waals surface area contributed by atoms with Gasteiger partial charge in [0.1, 0.15) is 5.60 Å². The van der Waals surface area contributed by atoms with Gasteiger partial charge in [-0.3, -0.25) is 4.79 Å². The van der Waals surface area contributed by atoms with E-state index < -0.39 is 30.0 Å². The van der Waals surface area contributed by atoms with Crippen molar-refractivity contribution in [2.24, 2.45) is 0 Å². The standard InChI is InChI=1S/C16H26BNO5/c1-14(2,3)21-13(20)18-10-11(8-9-12(18)19)17-22-15(4,5)16(6,7)23-17/h10H,8-9H2,1-7H3. The Morgan fingerprint density at radius 3 is 2.17 bits per heavy atom. The maximum atomic E-state index is 12.2. The molecule has 1 saturated heterocycles. The molecule has 0 radical (unpaired) electrons. The van der Waals surface area contributed by atoms with E-state index in [-0.39, 0.29) is 12.3 Å². The van der Waals surface area contributed by atoms with Gasteiger partial charge in [0.25, 0.3) is 0 Å². The second kappa shape index (κ2) is 5.63. The molecule has 0 atom stereocenters. The maximum absolute atomic E-state index is 12.2. The zero-order valence-corrected chi connectivity index (χ0v) is 15.1. The van der Waals surface area contributed by atoms with Gasteiger partial charge in [-0.2, -0.15) is 0 Å². The molecule has 2 aliphatic rings. The highest BCUT2D eigenvalue weighted by Gasteiger charge is 2.53. The second-order valence-electron chi connectivity index (χ2n) is 8.04. The average Bonchev–Trinajstić information content (AvgIpc) is 2.56. The van der Waals surface area contributed by atoms with E-state index in [1.54, 1.807) is 20.8 Å². The number of amides is 2. The molecule has 1 fully saturated rings. The van der Waals surface area contributed by atoms with Crippen LogP contribution in [0, 0.1) is 0 Å². The maximum Gasteiger partial charge on any atom is 0.492 e. The molecule has 23 heavy (non-hydrogen) atoms. The summed E-state index contributed by atoms with van der Waals surface area (Å²) in [6.07, 6.45) is 1.57. The molecule has 2 amide bonds. The van der Waals surface area contributed by atoms with Gasteiger partial charge < -0.3 is 14.0 Å². The number of hydrogen-bond donors (Lipinski definition) is 0. The van der Waals surface area contributed by atoms with E-state index in [1.165, 1.54) is 6.20 Å². The Labute approximate surface area is 138 Å². The lowest BCUT2D eigenvalue weighted by atomic mass is 9.75. The molecule has 0 aliphatic carbocycles. The van der Waals surface area contributed by atoms with Crippen molar-refractivity contribution in [1.29, 1.82) is 0 Å². The monoisotopic (exact) mass is 323 g/mol. The quantitative estimate of drug-likeness (QED) is 0.694. The van der Waals surface area contributed by atoms with Gasteiger partial charge in [0.15, 0.2) is 0 Å². The number of imide groups is 1. The highest BCUT2D eigenvalue weighted by Crippen LogP contribution is 2.40. The highest BCUT2D eigenvalue weighted by molar-refractivity contribution is 6.54. The second-order valence-corrected chi connectivity index (χ2v) is 8.04. The molecule has 128 valence electrons. The normalized spacial score (nSPS) is 23.8. The summed E-state index contributed by atoms with van der Waals surface area (Å²) in [5, 5.41) is 0. The first kappa shape index (κ1) is 18.0. The number of rotatable bonds is 1. The Bertz CT molecular complexity index is 531. The first-order valence-electron chi connectivity index (χ1n) is 7.94. The van der Waals surface area contributed by atoms with Crippen molar-refractivity contribution in [2.45, 2.75) is 78.1 Å². The predicted octanol–water partition coefficient (Wildman–Crippen LogP) is 3.06. The molecule has 2 heterocycles. The SMILES string of the molecule is CC(C)(C)OC(=O)N1C=C(B2OC(C)(C)C(C)(C)O2)CCC1=O. The van der Waals surface area contributed by atoms with Crippen LogP contribution in [0.15, 0.2) is 11.7 Å². The van der Waals surface area contributed by atoms with Crippen LogP contribution in [0.1, 0.15) is 61.3 Å². The molecular weight excluding hydrogens is 297 g/mol.